The lowest BCUT2D eigenvalue weighted by Crippen LogP contribution is -2.52. The highest BCUT2D eigenvalue weighted by atomic mass is 32.1. The minimum Gasteiger partial charge on any atom is -0.346 e. The van der Waals surface area contributed by atoms with Crippen molar-refractivity contribution in [2.24, 2.45) is 0 Å². The van der Waals surface area contributed by atoms with Gasteiger partial charge in [0.2, 0.25) is 0 Å². The number of carbonyl (C=O) groups excluding carboxylic acids is 1. The first-order valence-electron chi connectivity index (χ1n) is 6.37. The third kappa shape index (κ3) is 2.87. The zero-order valence-corrected chi connectivity index (χ0v) is 11.9. The van der Waals surface area contributed by atoms with Crippen LogP contribution in [0.3, 0.4) is 0 Å². The normalized spacial score (nSPS) is 18.9. The van der Waals surface area contributed by atoms with Crippen molar-refractivity contribution in [2.45, 2.75) is 45.1 Å². The van der Waals surface area contributed by atoms with E-state index >= 15 is 0 Å². The molecule has 0 bridgehead atoms. The van der Waals surface area contributed by atoms with Crippen molar-refractivity contribution >= 4 is 17.4 Å². The molecule has 0 unspecified atom stereocenters. The summed E-state index contributed by atoms with van der Waals surface area (Å²) in [6.07, 6.45) is 1.92. The Labute approximate surface area is 112 Å². The van der Waals surface area contributed by atoms with E-state index in [1.165, 1.54) is 11.5 Å². The number of carbonyl (C=O) groups is 1. The van der Waals surface area contributed by atoms with Gasteiger partial charge in [0.1, 0.15) is 4.88 Å². The fourth-order valence-corrected chi connectivity index (χ4v) is 2.88. The molecule has 0 radical (unpaired) electrons. The summed E-state index contributed by atoms with van der Waals surface area (Å²) in [7, 11) is 0. The van der Waals surface area contributed by atoms with Crippen LogP contribution in [0.25, 0.3) is 0 Å². The molecule has 5 nitrogen and oxygen atoms in total. The van der Waals surface area contributed by atoms with E-state index in [0.29, 0.717) is 4.88 Å². The van der Waals surface area contributed by atoms with Gasteiger partial charge in [0.05, 0.1) is 5.69 Å². The predicted octanol–water partition coefficient (Wildman–Crippen LogP) is 1.53. The standard InChI is InChI=1S/C12H20N4OS/c1-8(2)9-10(18-16-15-9)11(17)14-12(3)4-6-13-7-5-12/h8,13H,4-7H2,1-3H3,(H,14,17). The van der Waals surface area contributed by atoms with Gasteiger partial charge in [0.25, 0.3) is 5.91 Å². The lowest BCUT2D eigenvalue weighted by atomic mass is 9.90. The lowest BCUT2D eigenvalue weighted by molar-refractivity contribution is 0.0890. The van der Waals surface area contributed by atoms with Gasteiger partial charge in [-0.15, -0.1) is 5.10 Å². The van der Waals surface area contributed by atoms with Crippen LogP contribution in [0.5, 0.6) is 0 Å². The van der Waals surface area contributed by atoms with E-state index in [4.69, 9.17) is 0 Å². The molecule has 1 fully saturated rings. The maximum atomic E-state index is 12.3. The first-order chi connectivity index (χ1) is 8.52. The van der Waals surface area contributed by atoms with Gasteiger partial charge in [0, 0.05) is 5.54 Å². The molecular weight excluding hydrogens is 248 g/mol. The molecule has 1 aromatic heterocycles. The second-order valence-corrected chi connectivity index (χ2v) is 6.16. The molecule has 6 heteroatoms. The summed E-state index contributed by atoms with van der Waals surface area (Å²) >= 11 is 1.18. The Bertz CT molecular complexity index is 423. The fraction of sp³-hybridized carbons (Fsp3) is 0.750. The minimum absolute atomic E-state index is 0.0295. The van der Waals surface area contributed by atoms with Crippen LogP contribution in [0.2, 0.25) is 0 Å². The predicted molar refractivity (Wildman–Crippen MR) is 72.0 cm³/mol. The third-order valence-corrected chi connectivity index (χ3v) is 4.13. The molecule has 1 aromatic rings. The Balaban J connectivity index is 2.09. The van der Waals surface area contributed by atoms with Crippen molar-refractivity contribution in [2.75, 3.05) is 13.1 Å². The van der Waals surface area contributed by atoms with Gasteiger partial charge in [-0.3, -0.25) is 4.79 Å². The number of nitrogens with one attached hydrogen (secondary N) is 2. The van der Waals surface area contributed by atoms with Gasteiger partial charge in [-0.2, -0.15) is 0 Å². The Morgan fingerprint density at radius 3 is 2.72 bits per heavy atom. The summed E-state index contributed by atoms with van der Waals surface area (Å²) in [5.41, 5.74) is 0.690. The van der Waals surface area contributed by atoms with Crippen LogP contribution in [0.15, 0.2) is 0 Å². The van der Waals surface area contributed by atoms with Crippen molar-refractivity contribution in [3.8, 4) is 0 Å². The topological polar surface area (TPSA) is 66.9 Å². The molecular formula is C12H20N4OS. The summed E-state index contributed by atoms with van der Waals surface area (Å²) in [6, 6.07) is 0. The molecule has 1 aliphatic rings. The van der Waals surface area contributed by atoms with Crippen LogP contribution in [-0.2, 0) is 0 Å². The van der Waals surface area contributed by atoms with Crippen molar-refractivity contribution in [3.05, 3.63) is 10.6 Å². The fourth-order valence-electron chi connectivity index (χ4n) is 2.17. The van der Waals surface area contributed by atoms with Gasteiger partial charge in [-0.25, -0.2) is 0 Å². The second-order valence-electron chi connectivity index (χ2n) is 5.41. The second kappa shape index (κ2) is 5.32. The number of aromatic nitrogens is 2. The number of rotatable bonds is 3. The van der Waals surface area contributed by atoms with Crippen LogP contribution in [0, 0.1) is 0 Å². The average molecular weight is 268 g/mol. The van der Waals surface area contributed by atoms with E-state index in [1.54, 1.807) is 0 Å². The molecule has 0 atom stereocenters. The smallest absolute Gasteiger partial charge is 0.265 e. The monoisotopic (exact) mass is 268 g/mol. The molecule has 1 amide bonds. The maximum absolute atomic E-state index is 12.3. The molecule has 2 N–H and O–H groups in total. The molecule has 2 rings (SSSR count). The van der Waals surface area contributed by atoms with E-state index in [9.17, 15) is 4.79 Å². The van der Waals surface area contributed by atoms with Gasteiger partial charge in [-0.1, -0.05) is 18.3 Å². The van der Waals surface area contributed by atoms with Crippen molar-refractivity contribution in [1.82, 2.24) is 20.2 Å². The van der Waals surface area contributed by atoms with Crippen LogP contribution >= 0.6 is 11.5 Å². The molecule has 0 spiro atoms. The first kappa shape index (κ1) is 13.4. The number of amides is 1. The highest BCUT2D eigenvalue weighted by molar-refractivity contribution is 7.08. The Morgan fingerprint density at radius 1 is 1.44 bits per heavy atom. The molecule has 100 valence electrons. The van der Waals surface area contributed by atoms with E-state index in [1.807, 2.05) is 13.8 Å². The quantitative estimate of drug-likeness (QED) is 0.872. The summed E-state index contributed by atoms with van der Waals surface area (Å²) in [6.45, 7) is 8.07. The highest BCUT2D eigenvalue weighted by Crippen LogP contribution is 2.22. The summed E-state index contributed by atoms with van der Waals surface area (Å²) < 4.78 is 3.90. The first-order valence-corrected chi connectivity index (χ1v) is 7.15. The van der Waals surface area contributed by atoms with Gasteiger partial charge < -0.3 is 10.6 Å². The summed E-state index contributed by atoms with van der Waals surface area (Å²) in [5, 5.41) is 10.5. The minimum atomic E-state index is -0.111. The molecule has 0 aliphatic carbocycles. The van der Waals surface area contributed by atoms with Crippen molar-refractivity contribution < 1.29 is 4.79 Å². The molecule has 18 heavy (non-hydrogen) atoms. The Hall–Kier alpha value is -1.01. The van der Waals surface area contributed by atoms with Crippen LogP contribution in [-0.4, -0.2) is 34.1 Å². The maximum Gasteiger partial charge on any atom is 0.265 e. The van der Waals surface area contributed by atoms with Crippen LogP contribution in [0.4, 0.5) is 0 Å². The van der Waals surface area contributed by atoms with Crippen LogP contribution < -0.4 is 10.6 Å². The van der Waals surface area contributed by atoms with E-state index in [-0.39, 0.29) is 17.4 Å². The number of piperidine rings is 1. The van der Waals surface area contributed by atoms with Crippen LogP contribution in [0.1, 0.15) is 54.9 Å². The molecule has 1 saturated heterocycles. The van der Waals surface area contributed by atoms with E-state index in [2.05, 4.69) is 27.1 Å². The Kier molecular flexibility index (Phi) is 3.97. The molecule has 0 saturated carbocycles. The zero-order chi connectivity index (χ0) is 13.2. The largest absolute Gasteiger partial charge is 0.346 e. The lowest BCUT2D eigenvalue weighted by Gasteiger charge is -2.34. The van der Waals surface area contributed by atoms with Crippen molar-refractivity contribution in [1.29, 1.82) is 0 Å². The molecule has 2 heterocycles. The van der Waals surface area contributed by atoms with E-state index < -0.39 is 0 Å². The van der Waals surface area contributed by atoms with Crippen molar-refractivity contribution in [3.63, 3.8) is 0 Å². The Morgan fingerprint density at radius 2 is 2.11 bits per heavy atom. The molecule has 1 aliphatic heterocycles. The van der Waals surface area contributed by atoms with E-state index in [0.717, 1.165) is 31.6 Å². The number of hydrogen-bond acceptors (Lipinski definition) is 5. The third-order valence-electron chi connectivity index (χ3n) is 3.39. The van der Waals surface area contributed by atoms with Gasteiger partial charge >= 0.3 is 0 Å². The summed E-state index contributed by atoms with van der Waals surface area (Å²) in [4.78, 5) is 13.0. The SMILES string of the molecule is CC(C)c1nnsc1C(=O)NC1(C)CCNCC1. The van der Waals surface area contributed by atoms with Gasteiger partial charge in [0.15, 0.2) is 0 Å². The average Bonchev–Trinajstić information content (AvgIpc) is 2.78. The zero-order valence-electron chi connectivity index (χ0n) is 11.1. The molecule has 0 aromatic carbocycles. The number of nitrogens with zero attached hydrogens (tertiary/aromatic N) is 2. The highest BCUT2D eigenvalue weighted by Gasteiger charge is 2.30. The van der Waals surface area contributed by atoms with Gasteiger partial charge in [-0.05, 0) is 50.3 Å². The number of hydrogen-bond donors (Lipinski definition) is 2. The summed E-state index contributed by atoms with van der Waals surface area (Å²) in [5.74, 6) is 0.198.